The summed E-state index contributed by atoms with van der Waals surface area (Å²) < 4.78 is 1.58. The number of unbranched alkanes of at least 4 members (excludes halogenated alkanes) is 5. The van der Waals surface area contributed by atoms with E-state index in [1.807, 2.05) is 11.3 Å². The van der Waals surface area contributed by atoms with Crippen LogP contribution in [0.1, 0.15) is 51.0 Å². The van der Waals surface area contributed by atoms with Gasteiger partial charge in [-0.15, -0.1) is 0 Å². The van der Waals surface area contributed by atoms with E-state index in [0.717, 1.165) is 0 Å². The maximum absolute atomic E-state index is 2.33. The molecule has 0 bridgehead atoms. The minimum atomic E-state index is 0.584. The molecule has 2 aromatic heterocycles. The van der Waals surface area contributed by atoms with Gasteiger partial charge in [0.25, 0.3) is 0 Å². The molecule has 2 rings (SSSR count). The molecule has 2 heteroatoms. The average molecular weight is 325 g/mol. The van der Waals surface area contributed by atoms with Gasteiger partial charge in [-0.25, -0.2) is 0 Å². The fraction of sp³-hybridized carbons (Fsp3) is 0.500. The van der Waals surface area contributed by atoms with Crippen LogP contribution in [0.25, 0.3) is 9.31 Å². The van der Waals surface area contributed by atoms with E-state index in [9.17, 15) is 0 Å². The first-order valence-corrected chi connectivity index (χ1v) is 9.74. The van der Waals surface area contributed by atoms with Crippen molar-refractivity contribution in [2.75, 3.05) is 0 Å². The van der Waals surface area contributed by atoms with Crippen molar-refractivity contribution >= 4 is 25.8 Å². The summed E-state index contributed by atoms with van der Waals surface area (Å²) in [5.41, 5.74) is 1.59. The molecule has 2 heterocycles. The molecule has 0 N–H and O–H groups in total. The third-order valence-electron chi connectivity index (χ3n) is 3.29. The van der Waals surface area contributed by atoms with Gasteiger partial charge in [0, 0.05) is 0 Å². The SMILES string of the molecule is CCCCCCCCc1ccsc1-c1ccc[se]1. The van der Waals surface area contributed by atoms with Crippen molar-refractivity contribution in [3.63, 3.8) is 0 Å². The molecule has 0 aromatic carbocycles. The van der Waals surface area contributed by atoms with E-state index in [1.54, 1.807) is 14.9 Å². The van der Waals surface area contributed by atoms with Crippen LogP contribution in [0.4, 0.5) is 0 Å². The van der Waals surface area contributed by atoms with E-state index in [1.165, 1.54) is 44.9 Å². The molecule has 0 saturated carbocycles. The Labute approximate surface area is 121 Å². The fourth-order valence-corrected chi connectivity index (χ4v) is 5.15. The summed E-state index contributed by atoms with van der Waals surface area (Å²) in [6, 6.07) is 6.85. The molecular weight excluding hydrogens is 303 g/mol. The van der Waals surface area contributed by atoms with Gasteiger partial charge in [-0.1, -0.05) is 0 Å². The van der Waals surface area contributed by atoms with E-state index in [2.05, 4.69) is 35.4 Å². The minimum absolute atomic E-state index is 0.584. The number of rotatable bonds is 8. The second-order valence-corrected chi connectivity index (χ2v) is 7.67. The van der Waals surface area contributed by atoms with E-state index in [0.29, 0.717) is 14.5 Å². The molecule has 98 valence electrons. The number of hydrogen-bond acceptors (Lipinski definition) is 1. The molecule has 0 radical (unpaired) electrons. The molecule has 0 fully saturated rings. The molecule has 0 unspecified atom stereocenters. The van der Waals surface area contributed by atoms with E-state index >= 15 is 0 Å². The fourth-order valence-electron chi connectivity index (χ4n) is 2.25. The molecule has 0 aliphatic heterocycles. The summed E-state index contributed by atoms with van der Waals surface area (Å²) in [5.74, 6) is 0. The van der Waals surface area contributed by atoms with E-state index in [4.69, 9.17) is 0 Å². The molecular formula is C16H22SSe. The summed E-state index contributed by atoms with van der Waals surface area (Å²) in [7, 11) is 0. The molecule has 0 aliphatic carbocycles. The third-order valence-corrected chi connectivity index (χ3v) is 6.43. The van der Waals surface area contributed by atoms with Crippen molar-refractivity contribution in [3.8, 4) is 9.31 Å². The summed E-state index contributed by atoms with van der Waals surface area (Å²) in [6.07, 6.45) is 9.63. The van der Waals surface area contributed by atoms with Crippen LogP contribution in [-0.2, 0) is 6.42 Å². The molecule has 18 heavy (non-hydrogen) atoms. The van der Waals surface area contributed by atoms with Gasteiger partial charge in [0.1, 0.15) is 0 Å². The van der Waals surface area contributed by atoms with Gasteiger partial charge >= 0.3 is 121 Å². The van der Waals surface area contributed by atoms with Gasteiger partial charge in [0.15, 0.2) is 0 Å². The predicted molar refractivity (Wildman–Crippen MR) is 83.8 cm³/mol. The summed E-state index contributed by atoms with van der Waals surface area (Å²) >= 11 is 2.51. The Morgan fingerprint density at radius 1 is 1.06 bits per heavy atom. The van der Waals surface area contributed by atoms with E-state index < -0.39 is 0 Å². The molecule has 0 amide bonds. The van der Waals surface area contributed by atoms with Crippen LogP contribution < -0.4 is 0 Å². The Morgan fingerprint density at radius 2 is 1.89 bits per heavy atom. The zero-order valence-corrected chi connectivity index (χ0v) is 13.7. The van der Waals surface area contributed by atoms with Gasteiger partial charge in [0.2, 0.25) is 0 Å². The van der Waals surface area contributed by atoms with Gasteiger partial charge in [-0.05, 0) is 0 Å². The van der Waals surface area contributed by atoms with Crippen LogP contribution in [-0.4, -0.2) is 14.5 Å². The van der Waals surface area contributed by atoms with Crippen molar-refractivity contribution < 1.29 is 0 Å². The van der Waals surface area contributed by atoms with Gasteiger partial charge in [-0.2, -0.15) is 0 Å². The summed E-state index contributed by atoms with van der Waals surface area (Å²) in [6.45, 7) is 2.28. The zero-order valence-electron chi connectivity index (χ0n) is 11.2. The standard InChI is InChI=1S/C16H22SSe/c1-2-3-4-5-6-7-9-14-11-12-17-16(14)15-10-8-13-18-15/h8,10-13H,2-7,9H2,1H3. The first-order valence-electron chi connectivity index (χ1n) is 7.02. The first-order chi connectivity index (χ1) is 8.92. The summed E-state index contributed by atoms with van der Waals surface area (Å²) in [4.78, 5) is 3.88. The Morgan fingerprint density at radius 3 is 2.67 bits per heavy atom. The van der Waals surface area contributed by atoms with Crippen LogP contribution in [0.2, 0.25) is 0 Å². The molecule has 2 aromatic rings. The second kappa shape index (κ2) is 7.99. The second-order valence-electron chi connectivity index (χ2n) is 4.77. The first kappa shape index (κ1) is 14.1. The monoisotopic (exact) mass is 326 g/mol. The molecule has 0 spiro atoms. The zero-order chi connectivity index (χ0) is 12.6. The van der Waals surface area contributed by atoms with Crippen LogP contribution in [0.3, 0.4) is 0 Å². The number of hydrogen-bond donors (Lipinski definition) is 0. The van der Waals surface area contributed by atoms with Crippen molar-refractivity contribution in [2.24, 2.45) is 0 Å². The summed E-state index contributed by atoms with van der Waals surface area (Å²) in [5, 5.41) is 2.26. The predicted octanol–water partition coefficient (Wildman–Crippen LogP) is 5.38. The van der Waals surface area contributed by atoms with Crippen LogP contribution in [0.15, 0.2) is 28.5 Å². The normalized spacial score (nSPS) is 10.9. The Bertz CT molecular complexity index is 428. The van der Waals surface area contributed by atoms with Crippen molar-refractivity contribution in [3.05, 3.63) is 34.1 Å². The van der Waals surface area contributed by atoms with Crippen molar-refractivity contribution in [2.45, 2.75) is 51.9 Å². The average Bonchev–Trinajstić information content (AvgIpc) is 3.03. The Hall–Kier alpha value is -0.301. The maximum atomic E-state index is 2.33. The molecule has 0 saturated heterocycles. The van der Waals surface area contributed by atoms with Crippen molar-refractivity contribution in [1.29, 1.82) is 0 Å². The van der Waals surface area contributed by atoms with Crippen molar-refractivity contribution in [1.82, 2.24) is 0 Å². The topological polar surface area (TPSA) is 0 Å². The van der Waals surface area contributed by atoms with E-state index in [-0.39, 0.29) is 0 Å². The quantitative estimate of drug-likeness (QED) is 0.452. The van der Waals surface area contributed by atoms with Crippen LogP contribution in [0.5, 0.6) is 0 Å². The Kier molecular flexibility index (Phi) is 6.26. The van der Waals surface area contributed by atoms with Gasteiger partial charge in [0.05, 0.1) is 0 Å². The van der Waals surface area contributed by atoms with Gasteiger partial charge in [-0.3, -0.25) is 0 Å². The third kappa shape index (κ3) is 4.12. The number of aryl methyl sites for hydroxylation is 1. The Balaban J connectivity index is 1.78. The van der Waals surface area contributed by atoms with Gasteiger partial charge < -0.3 is 0 Å². The molecule has 0 aliphatic rings. The molecule has 0 nitrogen and oxygen atoms in total. The van der Waals surface area contributed by atoms with Crippen LogP contribution in [0, 0.1) is 0 Å². The number of thiophene rings is 1. The van der Waals surface area contributed by atoms with Crippen LogP contribution >= 0.6 is 11.3 Å². The molecule has 0 atom stereocenters.